The third-order valence-electron chi connectivity index (χ3n) is 6.23. The van der Waals surface area contributed by atoms with E-state index in [0.717, 1.165) is 28.3 Å². The number of halogens is 1. The van der Waals surface area contributed by atoms with E-state index in [1.807, 2.05) is 26.0 Å². The highest BCUT2D eigenvalue weighted by atomic mass is 35.5. The Bertz CT molecular complexity index is 1310. The minimum Gasteiger partial charge on any atom is -0.354 e. The minimum atomic E-state index is -4.07. The molecule has 0 spiro atoms. The molecule has 0 aliphatic carbocycles. The van der Waals surface area contributed by atoms with Crippen molar-refractivity contribution >= 4 is 39.1 Å². The van der Waals surface area contributed by atoms with Crippen LogP contribution < -0.4 is 9.62 Å². The average Bonchev–Trinajstić information content (AvgIpc) is 2.94. The van der Waals surface area contributed by atoms with Crippen molar-refractivity contribution in [3.8, 4) is 0 Å². The van der Waals surface area contributed by atoms with Gasteiger partial charge in [-0.15, -0.1) is 0 Å². The second kappa shape index (κ2) is 13.4. The summed E-state index contributed by atoms with van der Waals surface area (Å²) in [6.07, 6.45) is 1.55. The normalized spacial score (nSPS) is 12.0. The smallest absolute Gasteiger partial charge is 0.264 e. The lowest BCUT2D eigenvalue weighted by Crippen LogP contribution is -2.51. The predicted molar refractivity (Wildman–Crippen MR) is 152 cm³/mol. The maximum atomic E-state index is 13.8. The molecule has 0 unspecified atom stereocenters. The topological polar surface area (TPSA) is 86.8 Å². The fourth-order valence-corrected chi connectivity index (χ4v) is 5.47. The molecule has 0 heterocycles. The van der Waals surface area contributed by atoms with E-state index < -0.39 is 28.5 Å². The first kappa shape index (κ1) is 29.2. The number of rotatable bonds is 12. The van der Waals surface area contributed by atoms with E-state index in [1.165, 1.54) is 17.0 Å². The van der Waals surface area contributed by atoms with Crippen molar-refractivity contribution in [1.82, 2.24) is 10.2 Å². The van der Waals surface area contributed by atoms with Crippen molar-refractivity contribution in [2.45, 2.75) is 51.1 Å². The van der Waals surface area contributed by atoms with Gasteiger partial charge in [0.1, 0.15) is 12.6 Å². The fraction of sp³-hybridized carbons (Fsp3) is 0.310. The van der Waals surface area contributed by atoms with Gasteiger partial charge in [0, 0.05) is 18.1 Å². The van der Waals surface area contributed by atoms with Crippen molar-refractivity contribution in [3.05, 3.63) is 95.0 Å². The second-order valence-corrected chi connectivity index (χ2v) is 11.3. The zero-order valence-electron chi connectivity index (χ0n) is 21.9. The van der Waals surface area contributed by atoms with Crippen LogP contribution in [0.25, 0.3) is 0 Å². The van der Waals surface area contributed by atoms with E-state index in [2.05, 4.69) is 5.32 Å². The first-order chi connectivity index (χ1) is 18.2. The largest absolute Gasteiger partial charge is 0.354 e. The summed E-state index contributed by atoms with van der Waals surface area (Å²) in [4.78, 5) is 28.2. The Kier molecular flexibility index (Phi) is 10.3. The van der Waals surface area contributed by atoms with Crippen molar-refractivity contribution in [3.63, 3.8) is 0 Å². The number of amides is 2. The fourth-order valence-electron chi connectivity index (χ4n) is 3.91. The van der Waals surface area contributed by atoms with Gasteiger partial charge in [0.05, 0.1) is 10.6 Å². The maximum Gasteiger partial charge on any atom is 0.264 e. The van der Waals surface area contributed by atoms with Crippen LogP contribution in [0.5, 0.6) is 0 Å². The lowest BCUT2D eigenvalue weighted by Gasteiger charge is -2.32. The minimum absolute atomic E-state index is 0.0744. The molecule has 1 atom stereocenters. The van der Waals surface area contributed by atoms with Crippen molar-refractivity contribution < 1.29 is 18.0 Å². The van der Waals surface area contributed by atoms with Gasteiger partial charge >= 0.3 is 0 Å². The third kappa shape index (κ3) is 7.36. The molecule has 0 aliphatic heterocycles. The molecule has 0 saturated heterocycles. The number of hydrogen-bond donors (Lipinski definition) is 1. The second-order valence-electron chi connectivity index (χ2n) is 8.96. The lowest BCUT2D eigenvalue weighted by atomic mass is 10.1. The molecule has 0 aliphatic rings. The van der Waals surface area contributed by atoms with Gasteiger partial charge in [0.25, 0.3) is 10.0 Å². The summed E-state index contributed by atoms with van der Waals surface area (Å²) >= 11 is 6.03. The van der Waals surface area contributed by atoms with Crippen LogP contribution in [0.15, 0.2) is 83.8 Å². The molecule has 3 rings (SSSR count). The molecular formula is C29H34ClN3O4S. The van der Waals surface area contributed by atoms with E-state index in [-0.39, 0.29) is 17.3 Å². The Balaban J connectivity index is 2.00. The van der Waals surface area contributed by atoms with Crippen LogP contribution >= 0.6 is 11.6 Å². The number of carbonyl (C=O) groups excluding carboxylic acids is 2. The van der Waals surface area contributed by atoms with Crippen LogP contribution in [0.3, 0.4) is 0 Å². The van der Waals surface area contributed by atoms with Gasteiger partial charge in [-0.1, -0.05) is 67.9 Å². The Labute approximate surface area is 230 Å². The Hall–Kier alpha value is -3.36. The lowest BCUT2D eigenvalue weighted by molar-refractivity contribution is -0.139. The molecule has 0 saturated carbocycles. The molecule has 0 fully saturated rings. The Morgan fingerprint density at radius 3 is 2.08 bits per heavy atom. The molecule has 9 heteroatoms. The zero-order chi connectivity index (χ0) is 27.7. The quantitative estimate of drug-likeness (QED) is 0.339. The van der Waals surface area contributed by atoms with Gasteiger partial charge in [-0.05, 0) is 67.3 Å². The Morgan fingerprint density at radius 2 is 1.50 bits per heavy atom. The third-order valence-corrected chi connectivity index (χ3v) is 8.27. The molecule has 202 valence electrons. The molecule has 0 bridgehead atoms. The van der Waals surface area contributed by atoms with Gasteiger partial charge in [0.2, 0.25) is 11.8 Å². The summed E-state index contributed by atoms with van der Waals surface area (Å²) in [6, 6.07) is 21.3. The predicted octanol–water partition coefficient (Wildman–Crippen LogP) is 5.04. The highest BCUT2D eigenvalue weighted by Crippen LogP contribution is 2.25. The van der Waals surface area contributed by atoms with Crippen molar-refractivity contribution in [1.29, 1.82) is 0 Å². The first-order valence-electron chi connectivity index (χ1n) is 12.7. The Morgan fingerprint density at radius 1 is 0.895 bits per heavy atom. The van der Waals surface area contributed by atoms with Crippen molar-refractivity contribution in [2.24, 2.45) is 0 Å². The van der Waals surface area contributed by atoms with Crippen LogP contribution in [0, 0.1) is 0 Å². The number of anilines is 1. The number of nitrogens with zero attached hydrogens (tertiary/aromatic N) is 2. The van der Waals surface area contributed by atoms with Crippen LogP contribution in [0.4, 0.5) is 5.69 Å². The molecule has 3 aromatic carbocycles. The van der Waals surface area contributed by atoms with Gasteiger partial charge < -0.3 is 10.2 Å². The molecule has 1 N–H and O–H groups in total. The molecule has 3 aromatic rings. The molecule has 38 heavy (non-hydrogen) atoms. The highest BCUT2D eigenvalue weighted by molar-refractivity contribution is 7.92. The van der Waals surface area contributed by atoms with E-state index in [9.17, 15) is 18.0 Å². The van der Waals surface area contributed by atoms with Crippen LogP contribution in [0.1, 0.15) is 38.3 Å². The molecule has 0 aromatic heterocycles. The van der Waals surface area contributed by atoms with Crippen LogP contribution in [-0.2, 0) is 32.6 Å². The van der Waals surface area contributed by atoms with Gasteiger partial charge in [-0.3, -0.25) is 13.9 Å². The molecular weight excluding hydrogens is 522 g/mol. The number of sulfonamides is 1. The summed E-state index contributed by atoms with van der Waals surface area (Å²) in [5.74, 6) is -0.808. The average molecular weight is 556 g/mol. The number of benzene rings is 3. The first-order valence-corrected chi connectivity index (χ1v) is 14.5. The number of hydrogen-bond acceptors (Lipinski definition) is 4. The van der Waals surface area contributed by atoms with Gasteiger partial charge in [-0.25, -0.2) is 8.42 Å². The number of carbonyl (C=O) groups is 2. The van der Waals surface area contributed by atoms with E-state index in [1.54, 1.807) is 61.5 Å². The van der Waals surface area contributed by atoms with E-state index >= 15 is 0 Å². The molecule has 0 radical (unpaired) electrons. The summed E-state index contributed by atoms with van der Waals surface area (Å²) in [6.45, 7) is 5.72. The SMILES string of the molecule is CCCNC(=O)[C@@H](C)N(Cc1ccc(Cl)cc1)C(=O)CN(c1ccc(CC)cc1)S(=O)(=O)c1ccccc1. The van der Waals surface area contributed by atoms with Gasteiger partial charge in [0.15, 0.2) is 0 Å². The highest BCUT2D eigenvalue weighted by Gasteiger charge is 2.32. The van der Waals surface area contributed by atoms with Crippen LogP contribution in [0.2, 0.25) is 5.02 Å². The zero-order valence-corrected chi connectivity index (χ0v) is 23.5. The molecule has 7 nitrogen and oxygen atoms in total. The van der Waals surface area contributed by atoms with E-state index in [0.29, 0.717) is 17.3 Å². The van der Waals surface area contributed by atoms with E-state index in [4.69, 9.17) is 11.6 Å². The summed E-state index contributed by atoms with van der Waals surface area (Å²) in [7, 11) is -4.07. The summed E-state index contributed by atoms with van der Waals surface area (Å²) in [5, 5.41) is 3.38. The monoisotopic (exact) mass is 555 g/mol. The summed E-state index contributed by atoms with van der Waals surface area (Å²) < 4.78 is 28.6. The summed E-state index contributed by atoms with van der Waals surface area (Å²) in [5.41, 5.74) is 2.18. The van der Waals surface area contributed by atoms with Crippen molar-refractivity contribution in [2.75, 3.05) is 17.4 Å². The number of aryl methyl sites for hydroxylation is 1. The number of nitrogens with one attached hydrogen (secondary N) is 1. The standard InChI is InChI=1S/C29H34ClN3O4S/c1-4-19-31-29(35)22(3)32(20-24-11-15-25(30)16-12-24)28(34)21-33(26-17-13-23(5-2)14-18-26)38(36,37)27-9-7-6-8-10-27/h6-18,22H,4-5,19-21H2,1-3H3,(H,31,35)/t22-/m1/s1. The maximum absolute atomic E-state index is 13.8. The molecule has 2 amide bonds. The van der Waals surface area contributed by atoms with Crippen LogP contribution in [-0.4, -0.2) is 44.3 Å². The van der Waals surface area contributed by atoms with Gasteiger partial charge in [-0.2, -0.15) is 0 Å².